The van der Waals surface area contributed by atoms with Crippen molar-refractivity contribution in [1.29, 1.82) is 0 Å². The lowest BCUT2D eigenvalue weighted by Gasteiger charge is -2.09. The molecule has 3 nitrogen and oxygen atoms in total. The molecule has 90 valence electrons. The molecule has 0 amide bonds. The molecule has 3 heteroatoms. The summed E-state index contributed by atoms with van der Waals surface area (Å²) >= 11 is 0. The highest BCUT2D eigenvalue weighted by molar-refractivity contribution is 5.10. The predicted octanol–water partition coefficient (Wildman–Crippen LogP) is 2.26. The summed E-state index contributed by atoms with van der Waals surface area (Å²) < 4.78 is 0. The Balaban J connectivity index is 2.73. The van der Waals surface area contributed by atoms with E-state index in [-0.39, 0.29) is 6.04 Å². The normalized spacial score (nSPS) is 13.1. The number of hydrogen-bond acceptors (Lipinski definition) is 3. The maximum atomic E-state index is 5.74. The van der Waals surface area contributed by atoms with Crippen LogP contribution < -0.4 is 5.73 Å². The van der Waals surface area contributed by atoms with E-state index in [4.69, 9.17) is 5.73 Å². The Morgan fingerprint density at radius 3 is 2.50 bits per heavy atom. The molecule has 1 aromatic rings. The van der Waals surface area contributed by atoms with Crippen LogP contribution in [0.1, 0.15) is 44.4 Å². The zero-order valence-corrected chi connectivity index (χ0v) is 10.8. The lowest BCUT2D eigenvalue weighted by Crippen LogP contribution is -2.16. The van der Waals surface area contributed by atoms with Crippen LogP contribution in [-0.4, -0.2) is 16.0 Å². The van der Waals surface area contributed by atoms with E-state index in [1.165, 1.54) is 0 Å². The largest absolute Gasteiger partial charge is 0.328 e. The van der Waals surface area contributed by atoms with Gasteiger partial charge in [-0.25, -0.2) is 9.97 Å². The molecule has 1 atom stereocenters. The molecule has 0 aromatic carbocycles. The molecule has 0 fully saturated rings. The van der Waals surface area contributed by atoms with Crippen molar-refractivity contribution >= 4 is 0 Å². The Labute approximate surface area is 98.5 Å². The van der Waals surface area contributed by atoms with Gasteiger partial charge in [-0.3, -0.25) is 0 Å². The van der Waals surface area contributed by atoms with E-state index >= 15 is 0 Å². The third-order valence-corrected chi connectivity index (χ3v) is 2.39. The highest BCUT2D eigenvalue weighted by atomic mass is 14.9. The summed E-state index contributed by atoms with van der Waals surface area (Å²) in [7, 11) is 0. The molecule has 1 heterocycles. The molecular weight excluding hydrogens is 198 g/mol. The van der Waals surface area contributed by atoms with Crippen LogP contribution in [0.2, 0.25) is 0 Å². The van der Waals surface area contributed by atoms with Crippen molar-refractivity contribution < 1.29 is 0 Å². The number of aryl methyl sites for hydroxylation is 2. The van der Waals surface area contributed by atoms with Gasteiger partial charge in [-0.2, -0.15) is 0 Å². The summed E-state index contributed by atoms with van der Waals surface area (Å²) in [5.74, 6) is 1.57. The summed E-state index contributed by atoms with van der Waals surface area (Å²) in [6.45, 7) is 8.46. The molecule has 1 unspecified atom stereocenters. The second-order valence-electron chi connectivity index (χ2n) is 5.03. The summed E-state index contributed by atoms with van der Waals surface area (Å²) in [5, 5.41) is 0. The fourth-order valence-corrected chi connectivity index (χ4v) is 1.69. The first-order valence-electron chi connectivity index (χ1n) is 6.06. The molecule has 0 aliphatic rings. The van der Waals surface area contributed by atoms with Crippen LogP contribution in [-0.2, 0) is 12.8 Å². The van der Waals surface area contributed by atoms with E-state index in [0.29, 0.717) is 5.92 Å². The summed E-state index contributed by atoms with van der Waals surface area (Å²) in [6, 6.07) is 2.30. The number of nitrogens with zero attached hydrogens (tertiary/aromatic N) is 2. The van der Waals surface area contributed by atoms with Crippen molar-refractivity contribution in [3.63, 3.8) is 0 Å². The van der Waals surface area contributed by atoms with Crippen LogP contribution in [0, 0.1) is 12.8 Å². The first kappa shape index (κ1) is 13.1. The van der Waals surface area contributed by atoms with Gasteiger partial charge >= 0.3 is 0 Å². The SMILES string of the molecule is Cc1cc(CC(C)C)nc(CCC(C)N)n1. The van der Waals surface area contributed by atoms with E-state index in [1.807, 2.05) is 13.8 Å². The van der Waals surface area contributed by atoms with Crippen molar-refractivity contribution in [2.45, 2.75) is 53.0 Å². The lowest BCUT2D eigenvalue weighted by atomic mass is 10.1. The van der Waals surface area contributed by atoms with Gasteiger partial charge < -0.3 is 5.73 Å². The van der Waals surface area contributed by atoms with Crippen molar-refractivity contribution in [3.8, 4) is 0 Å². The fraction of sp³-hybridized carbons (Fsp3) is 0.692. The topological polar surface area (TPSA) is 51.8 Å². The molecule has 1 aromatic heterocycles. The van der Waals surface area contributed by atoms with Crippen molar-refractivity contribution in [2.75, 3.05) is 0 Å². The van der Waals surface area contributed by atoms with E-state index in [9.17, 15) is 0 Å². The summed E-state index contributed by atoms with van der Waals surface area (Å²) in [4.78, 5) is 9.03. The minimum Gasteiger partial charge on any atom is -0.328 e. The van der Waals surface area contributed by atoms with Gasteiger partial charge in [0.2, 0.25) is 0 Å². The Kier molecular flexibility index (Phi) is 4.87. The third-order valence-electron chi connectivity index (χ3n) is 2.39. The molecule has 0 bridgehead atoms. The van der Waals surface area contributed by atoms with E-state index in [2.05, 4.69) is 29.9 Å². The third kappa shape index (κ3) is 4.71. The van der Waals surface area contributed by atoms with Gasteiger partial charge in [0.05, 0.1) is 0 Å². The molecule has 0 saturated carbocycles. The monoisotopic (exact) mass is 221 g/mol. The Morgan fingerprint density at radius 1 is 1.25 bits per heavy atom. The van der Waals surface area contributed by atoms with E-state index in [0.717, 1.165) is 36.5 Å². The molecule has 2 N–H and O–H groups in total. The number of rotatable bonds is 5. The molecular formula is C13H23N3. The summed E-state index contributed by atoms with van der Waals surface area (Å²) in [6.07, 6.45) is 2.85. The maximum absolute atomic E-state index is 5.74. The molecule has 0 aliphatic heterocycles. The van der Waals surface area contributed by atoms with Crippen molar-refractivity contribution in [2.24, 2.45) is 11.7 Å². The van der Waals surface area contributed by atoms with Crippen LogP contribution in [0.5, 0.6) is 0 Å². The summed E-state index contributed by atoms with van der Waals surface area (Å²) in [5.41, 5.74) is 7.96. The predicted molar refractivity (Wildman–Crippen MR) is 67.3 cm³/mol. The molecule has 16 heavy (non-hydrogen) atoms. The van der Waals surface area contributed by atoms with Crippen molar-refractivity contribution in [1.82, 2.24) is 9.97 Å². The Bertz CT molecular complexity index is 332. The molecule has 0 saturated heterocycles. The van der Waals surface area contributed by atoms with Gasteiger partial charge in [-0.15, -0.1) is 0 Å². The second-order valence-corrected chi connectivity index (χ2v) is 5.03. The first-order chi connectivity index (χ1) is 7.47. The number of aromatic nitrogens is 2. The maximum Gasteiger partial charge on any atom is 0.128 e. The highest BCUT2D eigenvalue weighted by Gasteiger charge is 2.05. The minimum absolute atomic E-state index is 0.220. The van der Waals surface area contributed by atoms with Crippen LogP contribution in [0.25, 0.3) is 0 Å². The van der Waals surface area contributed by atoms with Crippen LogP contribution >= 0.6 is 0 Å². The zero-order valence-electron chi connectivity index (χ0n) is 10.8. The van der Waals surface area contributed by atoms with Crippen LogP contribution in [0.4, 0.5) is 0 Å². The van der Waals surface area contributed by atoms with Gasteiger partial charge in [0.15, 0.2) is 0 Å². The molecule has 1 rings (SSSR count). The quantitative estimate of drug-likeness (QED) is 0.829. The van der Waals surface area contributed by atoms with Gasteiger partial charge in [-0.1, -0.05) is 13.8 Å². The van der Waals surface area contributed by atoms with Gasteiger partial charge in [0.25, 0.3) is 0 Å². The average Bonchev–Trinajstić information content (AvgIpc) is 2.12. The fourth-order valence-electron chi connectivity index (χ4n) is 1.69. The van der Waals surface area contributed by atoms with Gasteiger partial charge in [0.1, 0.15) is 5.82 Å². The molecule has 0 aliphatic carbocycles. The van der Waals surface area contributed by atoms with Crippen molar-refractivity contribution in [3.05, 3.63) is 23.3 Å². The number of nitrogens with two attached hydrogens (primary N) is 1. The van der Waals surface area contributed by atoms with Crippen LogP contribution in [0.15, 0.2) is 6.07 Å². The van der Waals surface area contributed by atoms with Gasteiger partial charge in [-0.05, 0) is 38.7 Å². The second kappa shape index (κ2) is 5.94. The number of hydrogen-bond donors (Lipinski definition) is 1. The minimum atomic E-state index is 0.220. The zero-order chi connectivity index (χ0) is 12.1. The Morgan fingerprint density at radius 2 is 1.94 bits per heavy atom. The van der Waals surface area contributed by atoms with E-state index < -0.39 is 0 Å². The first-order valence-corrected chi connectivity index (χ1v) is 6.06. The van der Waals surface area contributed by atoms with Gasteiger partial charge in [0, 0.05) is 23.9 Å². The van der Waals surface area contributed by atoms with Crippen LogP contribution in [0.3, 0.4) is 0 Å². The molecule has 0 radical (unpaired) electrons. The van der Waals surface area contributed by atoms with E-state index in [1.54, 1.807) is 0 Å². The average molecular weight is 221 g/mol. The highest BCUT2D eigenvalue weighted by Crippen LogP contribution is 2.08. The smallest absolute Gasteiger partial charge is 0.128 e. The Hall–Kier alpha value is -0.960. The molecule has 0 spiro atoms. The standard InChI is InChI=1S/C13H23N3/c1-9(2)7-12-8-11(4)15-13(16-12)6-5-10(3)14/h8-10H,5-7,14H2,1-4H3. The lowest BCUT2D eigenvalue weighted by molar-refractivity contribution is 0.615.